The molecule has 0 amide bonds. The van der Waals surface area contributed by atoms with E-state index in [4.69, 9.17) is 9.47 Å². The Balaban J connectivity index is 2.04. The summed E-state index contributed by atoms with van der Waals surface area (Å²) in [6, 6.07) is 7.31. The number of benzene rings is 1. The molecule has 5 nitrogen and oxygen atoms in total. The maximum absolute atomic E-state index is 10.4. The van der Waals surface area contributed by atoms with Crippen LogP contribution in [-0.2, 0) is 7.05 Å². The molecular formula is C13H14N2O3. The molecule has 1 aliphatic heterocycles. The van der Waals surface area contributed by atoms with Crippen molar-refractivity contribution >= 4 is 0 Å². The van der Waals surface area contributed by atoms with Crippen molar-refractivity contribution in [2.45, 2.75) is 6.10 Å². The van der Waals surface area contributed by atoms with Crippen molar-refractivity contribution < 1.29 is 14.6 Å². The van der Waals surface area contributed by atoms with E-state index in [-0.39, 0.29) is 0 Å². The van der Waals surface area contributed by atoms with Crippen LogP contribution in [0.3, 0.4) is 0 Å². The molecule has 0 radical (unpaired) electrons. The molecule has 94 valence electrons. The molecular weight excluding hydrogens is 232 g/mol. The minimum Gasteiger partial charge on any atom is -0.486 e. The smallest absolute Gasteiger partial charge is 0.167 e. The largest absolute Gasteiger partial charge is 0.486 e. The minimum absolute atomic E-state index is 0.502. The number of fused-ring (bicyclic) bond motifs is 1. The van der Waals surface area contributed by atoms with Gasteiger partial charge in [-0.3, -0.25) is 4.68 Å². The highest BCUT2D eigenvalue weighted by Gasteiger charge is 2.23. The highest BCUT2D eigenvalue weighted by Crippen LogP contribution is 2.38. The molecule has 1 aromatic carbocycles. The molecule has 1 unspecified atom stereocenters. The molecule has 1 aromatic heterocycles. The molecule has 2 heterocycles. The zero-order valence-corrected chi connectivity index (χ0v) is 10.0. The Morgan fingerprint density at radius 1 is 1.28 bits per heavy atom. The number of hydrogen-bond donors (Lipinski definition) is 1. The zero-order valence-electron chi connectivity index (χ0n) is 10.0. The third-order valence-electron chi connectivity index (χ3n) is 3.03. The Labute approximate surface area is 105 Å². The molecule has 3 rings (SSSR count). The van der Waals surface area contributed by atoms with E-state index in [1.807, 2.05) is 18.2 Å². The van der Waals surface area contributed by atoms with Crippen LogP contribution >= 0.6 is 0 Å². The molecule has 0 spiro atoms. The highest BCUT2D eigenvalue weighted by atomic mass is 16.6. The van der Waals surface area contributed by atoms with Crippen LogP contribution < -0.4 is 9.47 Å². The number of ether oxygens (including phenoxy) is 2. The van der Waals surface area contributed by atoms with Crippen LogP contribution in [0.25, 0.3) is 0 Å². The summed E-state index contributed by atoms with van der Waals surface area (Å²) in [6.45, 7) is 1.04. The number of aryl methyl sites for hydroxylation is 1. The van der Waals surface area contributed by atoms with Crippen LogP contribution in [0.4, 0.5) is 0 Å². The summed E-state index contributed by atoms with van der Waals surface area (Å²) in [4.78, 5) is 0. The standard InChI is InChI=1S/C13H14N2O3/c1-15-10(5-6-14-15)12(16)9-3-2-4-11-13(9)18-8-7-17-11/h2-6,12,16H,7-8H2,1H3. The Kier molecular flexibility index (Phi) is 2.68. The number of aliphatic hydroxyl groups excluding tert-OH is 1. The van der Waals surface area contributed by atoms with E-state index in [0.29, 0.717) is 30.3 Å². The highest BCUT2D eigenvalue weighted by molar-refractivity contribution is 5.50. The van der Waals surface area contributed by atoms with Gasteiger partial charge >= 0.3 is 0 Å². The third kappa shape index (κ3) is 1.73. The van der Waals surface area contributed by atoms with Gasteiger partial charge in [0, 0.05) is 18.8 Å². The van der Waals surface area contributed by atoms with Crippen molar-refractivity contribution in [2.24, 2.45) is 7.05 Å². The van der Waals surface area contributed by atoms with Gasteiger partial charge in [0.1, 0.15) is 19.3 Å². The van der Waals surface area contributed by atoms with Crippen LogP contribution in [0, 0.1) is 0 Å². The van der Waals surface area contributed by atoms with Crippen molar-refractivity contribution in [2.75, 3.05) is 13.2 Å². The Morgan fingerprint density at radius 3 is 2.89 bits per heavy atom. The van der Waals surface area contributed by atoms with Gasteiger partial charge in [-0.25, -0.2) is 0 Å². The molecule has 2 aromatic rings. The SMILES string of the molecule is Cn1nccc1C(O)c1cccc2c1OCCO2. The predicted octanol–water partition coefficient (Wildman–Crippen LogP) is 1.27. The summed E-state index contributed by atoms with van der Waals surface area (Å²) >= 11 is 0. The first-order valence-corrected chi connectivity index (χ1v) is 5.82. The van der Waals surface area contributed by atoms with E-state index in [1.165, 1.54) is 0 Å². The van der Waals surface area contributed by atoms with Crippen molar-refractivity contribution in [1.29, 1.82) is 0 Å². The summed E-state index contributed by atoms with van der Waals surface area (Å²) in [5, 5.41) is 14.5. The fourth-order valence-corrected chi connectivity index (χ4v) is 2.12. The number of aromatic nitrogens is 2. The van der Waals surface area contributed by atoms with E-state index < -0.39 is 6.10 Å². The number of para-hydroxylation sites is 1. The van der Waals surface area contributed by atoms with Gasteiger partial charge in [0.2, 0.25) is 0 Å². The first kappa shape index (κ1) is 11.1. The summed E-state index contributed by atoms with van der Waals surface area (Å²) in [5.74, 6) is 1.30. The van der Waals surface area contributed by atoms with Gasteiger partial charge in [-0.05, 0) is 12.1 Å². The van der Waals surface area contributed by atoms with Gasteiger partial charge in [0.25, 0.3) is 0 Å². The van der Waals surface area contributed by atoms with E-state index >= 15 is 0 Å². The monoisotopic (exact) mass is 246 g/mol. The van der Waals surface area contributed by atoms with Gasteiger partial charge in [0.15, 0.2) is 11.5 Å². The van der Waals surface area contributed by atoms with Crippen molar-refractivity contribution in [3.05, 3.63) is 41.7 Å². The maximum Gasteiger partial charge on any atom is 0.167 e. The van der Waals surface area contributed by atoms with Crippen LogP contribution in [0.1, 0.15) is 17.4 Å². The molecule has 18 heavy (non-hydrogen) atoms. The van der Waals surface area contributed by atoms with E-state index in [9.17, 15) is 5.11 Å². The van der Waals surface area contributed by atoms with Gasteiger partial charge in [0.05, 0.1) is 5.69 Å². The Morgan fingerprint density at radius 2 is 2.11 bits per heavy atom. The lowest BCUT2D eigenvalue weighted by molar-refractivity contribution is 0.156. The normalized spacial score (nSPS) is 15.4. The summed E-state index contributed by atoms with van der Waals surface area (Å²) < 4.78 is 12.7. The lowest BCUT2D eigenvalue weighted by Gasteiger charge is -2.23. The second kappa shape index (κ2) is 4.34. The fraction of sp³-hybridized carbons (Fsp3) is 0.308. The molecule has 1 aliphatic rings. The van der Waals surface area contributed by atoms with Crippen LogP contribution in [0.2, 0.25) is 0 Å². The maximum atomic E-state index is 10.4. The molecule has 0 fully saturated rings. The van der Waals surface area contributed by atoms with Gasteiger partial charge < -0.3 is 14.6 Å². The minimum atomic E-state index is -0.769. The van der Waals surface area contributed by atoms with Crippen LogP contribution in [0.5, 0.6) is 11.5 Å². The lowest BCUT2D eigenvalue weighted by atomic mass is 10.0. The van der Waals surface area contributed by atoms with E-state index in [0.717, 1.165) is 5.69 Å². The summed E-state index contributed by atoms with van der Waals surface area (Å²) in [7, 11) is 1.80. The summed E-state index contributed by atoms with van der Waals surface area (Å²) in [5.41, 5.74) is 1.42. The lowest BCUT2D eigenvalue weighted by Crippen LogP contribution is -2.18. The van der Waals surface area contributed by atoms with Crippen molar-refractivity contribution in [3.63, 3.8) is 0 Å². The van der Waals surface area contributed by atoms with Crippen molar-refractivity contribution in [3.8, 4) is 11.5 Å². The molecule has 1 N–H and O–H groups in total. The second-order valence-corrected chi connectivity index (χ2v) is 4.15. The summed E-state index contributed by atoms with van der Waals surface area (Å²) in [6.07, 6.45) is 0.889. The van der Waals surface area contributed by atoms with Gasteiger partial charge in [-0.1, -0.05) is 12.1 Å². The quantitative estimate of drug-likeness (QED) is 0.867. The van der Waals surface area contributed by atoms with E-state index in [1.54, 1.807) is 24.0 Å². The average Bonchev–Trinajstić information content (AvgIpc) is 2.83. The van der Waals surface area contributed by atoms with Gasteiger partial charge in [-0.15, -0.1) is 0 Å². The number of rotatable bonds is 2. The van der Waals surface area contributed by atoms with Gasteiger partial charge in [-0.2, -0.15) is 5.10 Å². The zero-order chi connectivity index (χ0) is 12.5. The first-order chi connectivity index (χ1) is 8.77. The van der Waals surface area contributed by atoms with Crippen LogP contribution in [-0.4, -0.2) is 28.1 Å². The number of aliphatic hydroxyl groups is 1. The molecule has 0 aliphatic carbocycles. The average molecular weight is 246 g/mol. The Bertz CT molecular complexity index is 565. The number of nitrogens with zero attached hydrogens (tertiary/aromatic N) is 2. The molecule has 1 atom stereocenters. The molecule has 5 heteroatoms. The number of hydrogen-bond acceptors (Lipinski definition) is 4. The molecule has 0 saturated heterocycles. The van der Waals surface area contributed by atoms with Crippen LogP contribution in [0.15, 0.2) is 30.5 Å². The fourth-order valence-electron chi connectivity index (χ4n) is 2.12. The molecule has 0 bridgehead atoms. The first-order valence-electron chi connectivity index (χ1n) is 5.82. The molecule has 0 saturated carbocycles. The van der Waals surface area contributed by atoms with E-state index in [2.05, 4.69) is 5.10 Å². The predicted molar refractivity (Wildman–Crippen MR) is 64.7 cm³/mol. The topological polar surface area (TPSA) is 56.5 Å². The Hall–Kier alpha value is -2.01. The second-order valence-electron chi connectivity index (χ2n) is 4.15. The third-order valence-corrected chi connectivity index (χ3v) is 3.03. The van der Waals surface area contributed by atoms with Crippen molar-refractivity contribution in [1.82, 2.24) is 9.78 Å².